The maximum atomic E-state index is 10.7. The Morgan fingerprint density at radius 1 is 0.921 bits per heavy atom. The van der Waals surface area contributed by atoms with E-state index in [1.54, 1.807) is 22.7 Å². The number of carbonyl (C=O) groups is 1. The first-order chi connectivity index (χ1) is 17.8. The van der Waals surface area contributed by atoms with Gasteiger partial charge >= 0.3 is 0 Å². The van der Waals surface area contributed by atoms with Crippen LogP contribution in [0.1, 0.15) is 19.9 Å². The zero-order chi connectivity index (χ0) is 26.0. The highest BCUT2D eigenvalue weighted by molar-refractivity contribution is 7.08. The highest BCUT2D eigenvalue weighted by Gasteiger charge is 2.44. The number of anilines is 2. The Kier molecular flexibility index (Phi) is 8.28. The molecule has 200 valence electrons. The van der Waals surface area contributed by atoms with Crippen LogP contribution in [-0.2, 0) is 19.0 Å². The van der Waals surface area contributed by atoms with Crippen molar-refractivity contribution in [2.45, 2.75) is 26.9 Å². The van der Waals surface area contributed by atoms with Crippen LogP contribution in [-0.4, -0.2) is 38.5 Å². The molecule has 0 radical (unpaired) electrons. The molecule has 0 aliphatic carbocycles. The van der Waals surface area contributed by atoms with Crippen molar-refractivity contribution in [3.63, 3.8) is 0 Å². The van der Waals surface area contributed by atoms with Crippen molar-refractivity contribution in [3.8, 4) is 0 Å². The van der Waals surface area contributed by atoms with Crippen molar-refractivity contribution in [2.24, 2.45) is 5.41 Å². The standard InChI is InChI=1S/C15H17NOS.C14H13NO3S.CH4/c1-11-7-18-8-14(11)16-6-13(5-4-12(16)2)15(3)9-17-10-15;1-11-2-3-12(14(18-10-16)8-17-9-14)6-15(11)13-4-5-19-7-13;/h4-8H,2,9-10H2,1,3H3;2-7,10H,1,8-9H2;1H4. The monoisotopic (exact) mass is 550 g/mol. The maximum absolute atomic E-state index is 10.7. The van der Waals surface area contributed by atoms with Gasteiger partial charge in [0.2, 0.25) is 0 Å². The van der Waals surface area contributed by atoms with Gasteiger partial charge in [0.15, 0.2) is 5.60 Å². The predicted molar refractivity (Wildman–Crippen MR) is 157 cm³/mol. The average molecular weight is 551 g/mol. The lowest BCUT2D eigenvalue weighted by Gasteiger charge is -2.42. The average Bonchev–Trinajstić information content (AvgIpc) is 3.53. The lowest BCUT2D eigenvalue weighted by atomic mass is 9.79. The molecule has 6 nitrogen and oxygen atoms in total. The third kappa shape index (κ3) is 5.22. The Morgan fingerprint density at radius 3 is 2.11 bits per heavy atom. The first-order valence-corrected chi connectivity index (χ1v) is 13.8. The van der Waals surface area contributed by atoms with Gasteiger partial charge in [0, 0.05) is 45.5 Å². The van der Waals surface area contributed by atoms with Gasteiger partial charge in [-0.1, -0.05) is 39.7 Å². The van der Waals surface area contributed by atoms with E-state index < -0.39 is 5.60 Å². The molecule has 38 heavy (non-hydrogen) atoms. The van der Waals surface area contributed by atoms with E-state index in [9.17, 15) is 4.79 Å². The van der Waals surface area contributed by atoms with Gasteiger partial charge in [-0.05, 0) is 47.0 Å². The topological polar surface area (TPSA) is 51.2 Å². The van der Waals surface area contributed by atoms with Crippen molar-refractivity contribution >= 4 is 40.5 Å². The third-order valence-corrected chi connectivity index (χ3v) is 8.47. The van der Waals surface area contributed by atoms with Crippen LogP contribution in [0.25, 0.3) is 0 Å². The molecule has 0 spiro atoms. The Labute approximate surface area is 233 Å². The fourth-order valence-electron chi connectivity index (χ4n) is 4.41. The number of hydrogen-bond acceptors (Lipinski definition) is 8. The van der Waals surface area contributed by atoms with Crippen LogP contribution in [0.4, 0.5) is 11.4 Å². The lowest BCUT2D eigenvalue weighted by Crippen LogP contribution is -2.53. The molecule has 4 aliphatic heterocycles. The Balaban J connectivity index is 0.000000173. The summed E-state index contributed by atoms with van der Waals surface area (Å²) in [5.74, 6) is 0. The molecule has 0 N–H and O–H groups in total. The van der Waals surface area contributed by atoms with E-state index in [1.807, 2.05) is 40.1 Å². The van der Waals surface area contributed by atoms with Gasteiger partial charge in [-0.3, -0.25) is 4.79 Å². The second-order valence-electron chi connectivity index (χ2n) is 9.73. The highest BCUT2D eigenvalue weighted by atomic mass is 32.1. The van der Waals surface area contributed by atoms with Crippen LogP contribution in [0.2, 0.25) is 0 Å². The van der Waals surface area contributed by atoms with E-state index in [0.717, 1.165) is 35.9 Å². The second kappa shape index (κ2) is 11.3. The number of carbonyl (C=O) groups excluding carboxylic acids is 1. The number of hydrogen-bond donors (Lipinski definition) is 0. The SMILES string of the molecule is C.C=C1C=CC(C2(C)COC2)=CN1c1cscc1C.C=C1C=CC(C2(OC=O)COC2)=CN1c1ccsc1. The number of thiophene rings is 2. The van der Waals surface area contributed by atoms with E-state index in [2.05, 4.69) is 61.0 Å². The van der Waals surface area contributed by atoms with Gasteiger partial charge in [-0.2, -0.15) is 11.3 Å². The normalized spacial score (nSPS) is 20.7. The van der Waals surface area contributed by atoms with E-state index in [0.29, 0.717) is 19.7 Å². The summed E-state index contributed by atoms with van der Waals surface area (Å²) >= 11 is 3.36. The number of allylic oxidation sites excluding steroid dienone is 3. The van der Waals surface area contributed by atoms with Crippen molar-refractivity contribution < 1.29 is 19.0 Å². The minimum Gasteiger partial charge on any atom is -0.451 e. The molecular formula is C30H34N2O4S2. The summed E-state index contributed by atoms with van der Waals surface area (Å²) in [6, 6.07) is 2.02. The number of nitrogens with zero attached hydrogens (tertiary/aromatic N) is 2. The van der Waals surface area contributed by atoms with Crippen LogP contribution >= 0.6 is 22.7 Å². The fraction of sp³-hybridized carbons (Fsp3) is 0.300. The van der Waals surface area contributed by atoms with E-state index in [4.69, 9.17) is 14.2 Å². The molecule has 4 aliphatic rings. The maximum Gasteiger partial charge on any atom is 0.294 e. The number of aryl methyl sites for hydroxylation is 1. The molecule has 0 aromatic carbocycles. The van der Waals surface area contributed by atoms with E-state index in [-0.39, 0.29) is 12.8 Å². The molecule has 2 aromatic heterocycles. The van der Waals surface area contributed by atoms with Gasteiger partial charge in [0.05, 0.1) is 37.8 Å². The Bertz CT molecular complexity index is 1310. The van der Waals surface area contributed by atoms with Crippen LogP contribution < -0.4 is 9.80 Å². The lowest BCUT2D eigenvalue weighted by molar-refractivity contribution is -0.185. The van der Waals surface area contributed by atoms with Gasteiger partial charge in [-0.15, -0.1) is 11.3 Å². The summed E-state index contributed by atoms with van der Waals surface area (Å²) in [6.45, 7) is 15.4. The molecule has 2 saturated heterocycles. The Morgan fingerprint density at radius 2 is 1.58 bits per heavy atom. The molecule has 2 aromatic rings. The zero-order valence-corrected chi connectivity index (χ0v) is 22.6. The third-order valence-electron chi connectivity index (χ3n) is 6.95. The van der Waals surface area contributed by atoms with Crippen LogP contribution in [0.3, 0.4) is 0 Å². The molecule has 0 atom stereocenters. The van der Waals surface area contributed by atoms with Crippen LogP contribution in [0, 0.1) is 12.3 Å². The van der Waals surface area contributed by atoms with Crippen molar-refractivity contribution in [2.75, 3.05) is 36.2 Å². The molecular weight excluding hydrogens is 516 g/mol. The molecule has 6 rings (SSSR count). The largest absolute Gasteiger partial charge is 0.451 e. The molecule has 0 saturated carbocycles. The molecule has 0 bridgehead atoms. The zero-order valence-electron chi connectivity index (χ0n) is 21.0. The Hall–Kier alpha value is -3.17. The first-order valence-electron chi connectivity index (χ1n) is 11.9. The van der Waals surface area contributed by atoms with Crippen molar-refractivity contribution in [1.82, 2.24) is 0 Å². The van der Waals surface area contributed by atoms with Gasteiger partial charge < -0.3 is 24.0 Å². The number of ether oxygens (including phenoxy) is 3. The fourth-order valence-corrected chi connectivity index (χ4v) is 5.86. The van der Waals surface area contributed by atoms with Crippen LogP contribution in [0.15, 0.2) is 100.0 Å². The summed E-state index contributed by atoms with van der Waals surface area (Å²) in [5.41, 5.74) is 7.24. The first kappa shape index (κ1) is 27.9. The minimum absolute atomic E-state index is 0. The summed E-state index contributed by atoms with van der Waals surface area (Å²) in [6.07, 6.45) is 12.3. The summed E-state index contributed by atoms with van der Waals surface area (Å²) in [5, 5.41) is 8.40. The van der Waals surface area contributed by atoms with Crippen LogP contribution in [0.5, 0.6) is 0 Å². The molecule has 0 unspecified atom stereocenters. The molecule has 6 heterocycles. The molecule has 0 amide bonds. The van der Waals surface area contributed by atoms with Crippen molar-refractivity contribution in [1.29, 1.82) is 0 Å². The van der Waals surface area contributed by atoms with Gasteiger partial charge in [0.1, 0.15) is 0 Å². The summed E-state index contributed by atoms with van der Waals surface area (Å²) < 4.78 is 15.8. The van der Waals surface area contributed by atoms with Gasteiger partial charge in [0.25, 0.3) is 6.47 Å². The summed E-state index contributed by atoms with van der Waals surface area (Å²) in [4.78, 5) is 14.8. The number of rotatable bonds is 6. The highest BCUT2D eigenvalue weighted by Crippen LogP contribution is 2.40. The summed E-state index contributed by atoms with van der Waals surface area (Å²) in [7, 11) is 0. The predicted octanol–water partition coefficient (Wildman–Crippen LogP) is 6.97. The molecule has 2 fully saturated rings. The molecule has 8 heteroatoms. The minimum atomic E-state index is -0.646. The van der Waals surface area contributed by atoms with Gasteiger partial charge in [-0.25, -0.2) is 0 Å². The smallest absolute Gasteiger partial charge is 0.294 e. The van der Waals surface area contributed by atoms with E-state index in [1.165, 1.54) is 16.8 Å². The van der Waals surface area contributed by atoms with E-state index >= 15 is 0 Å². The second-order valence-corrected chi connectivity index (χ2v) is 11.3. The quantitative estimate of drug-likeness (QED) is 0.362. The van der Waals surface area contributed by atoms with Crippen molar-refractivity contribution in [3.05, 3.63) is 106 Å².